The molecule has 0 saturated carbocycles. The molecule has 2 heterocycles. The maximum absolute atomic E-state index is 12.4. The number of fused-ring (bicyclic) bond motifs is 2. The van der Waals surface area contributed by atoms with Gasteiger partial charge in [0.25, 0.3) is 5.91 Å². The fourth-order valence-electron chi connectivity index (χ4n) is 2.95. The standard InChI is InChI=1S/C21H14N2O6S/c1-10-6-7-12-16(8-10)30-21(22-12)23-19(27)14(25)9-13(24)17-18(26)11-4-2-3-5-15(11)29-20(17)28/h2-8,26H,9H2,1H3,(H,22,23,27). The second kappa shape index (κ2) is 7.53. The van der Waals surface area contributed by atoms with Gasteiger partial charge in [0.05, 0.1) is 22.0 Å². The van der Waals surface area contributed by atoms with Crippen LogP contribution >= 0.6 is 11.3 Å². The first-order valence-corrected chi connectivity index (χ1v) is 9.64. The maximum atomic E-state index is 12.4. The molecule has 4 rings (SSSR count). The smallest absolute Gasteiger partial charge is 0.351 e. The largest absolute Gasteiger partial charge is 0.506 e. The Hall–Kier alpha value is -3.85. The molecular weight excluding hydrogens is 408 g/mol. The molecule has 0 spiro atoms. The summed E-state index contributed by atoms with van der Waals surface area (Å²) in [7, 11) is 0. The van der Waals surface area contributed by atoms with Crippen molar-refractivity contribution in [2.45, 2.75) is 13.3 Å². The molecule has 0 unspecified atom stereocenters. The van der Waals surface area contributed by atoms with E-state index in [4.69, 9.17) is 4.42 Å². The molecule has 1 amide bonds. The van der Waals surface area contributed by atoms with Crippen molar-refractivity contribution in [1.29, 1.82) is 0 Å². The third kappa shape index (κ3) is 3.58. The first-order valence-electron chi connectivity index (χ1n) is 8.83. The minimum absolute atomic E-state index is 0.103. The van der Waals surface area contributed by atoms with Gasteiger partial charge in [0.1, 0.15) is 16.9 Å². The van der Waals surface area contributed by atoms with Crippen molar-refractivity contribution in [2.75, 3.05) is 5.32 Å². The number of aromatic hydroxyl groups is 1. The zero-order valence-electron chi connectivity index (χ0n) is 15.6. The predicted molar refractivity (Wildman–Crippen MR) is 111 cm³/mol. The predicted octanol–water partition coefficient (Wildman–Crippen LogP) is 3.20. The summed E-state index contributed by atoms with van der Waals surface area (Å²) in [6.07, 6.45) is -0.896. The molecule has 30 heavy (non-hydrogen) atoms. The molecule has 0 saturated heterocycles. The topological polar surface area (TPSA) is 127 Å². The average molecular weight is 422 g/mol. The lowest BCUT2D eigenvalue weighted by Gasteiger charge is -2.05. The summed E-state index contributed by atoms with van der Waals surface area (Å²) >= 11 is 1.19. The lowest BCUT2D eigenvalue weighted by molar-refractivity contribution is -0.134. The van der Waals surface area contributed by atoms with Crippen molar-refractivity contribution in [3.8, 4) is 5.75 Å². The third-order valence-electron chi connectivity index (χ3n) is 4.40. The van der Waals surface area contributed by atoms with Crippen molar-refractivity contribution in [3.05, 3.63) is 64.0 Å². The number of nitrogens with zero attached hydrogens (tertiary/aromatic N) is 1. The van der Waals surface area contributed by atoms with Gasteiger partial charge in [-0.05, 0) is 36.8 Å². The van der Waals surface area contributed by atoms with E-state index in [-0.39, 0.29) is 16.1 Å². The lowest BCUT2D eigenvalue weighted by atomic mass is 10.0. The second-order valence-corrected chi connectivity index (χ2v) is 7.61. The molecule has 2 aromatic carbocycles. The van der Waals surface area contributed by atoms with Crippen LogP contribution in [0.25, 0.3) is 21.2 Å². The van der Waals surface area contributed by atoms with E-state index in [1.807, 2.05) is 19.1 Å². The summed E-state index contributed by atoms with van der Waals surface area (Å²) in [6.45, 7) is 1.92. The summed E-state index contributed by atoms with van der Waals surface area (Å²) < 4.78 is 5.86. The van der Waals surface area contributed by atoms with Crippen LogP contribution in [-0.2, 0) is 9.59 Å². The number of para-hydroxylation sites is 1. The molecule has 0 atom stereocenters. The number of anilines is 1. The first-order chi connectivity index (χ1) is 14.3. The number of hydrogen-bond acceptors (Lipinski definition) is 8. The molecule has 150 valence electrons. The van der Waals surface area contributed by atoms with Crippen LogP contribution in [-0.4, -0.2) is 27.6 Å². The van der Waals surface area contributed by atoms with Gasteiger partial charge in [0, 0.05) is 0 Å². The van der Waals surface area contributed by atoms with Crippen LogP contribution in [0.2, 0.25) is 0 Å². The van der Waals surface area contributed by atoms with E-state index in [2.05, 4.69) is 10.3 Å². The summed E-state index contributed by atoms with van der Waals surface area (Å²) in [6, 6.07) is 11.7. The van der Waals surface area contributed by atoms with E-state index in [9.17, 15) is 24.3 Å². The molecule has 2 N–H and O–H groups in total. The Morgan fingerprint density at radius 2 is 1.93 bits per heavy atom. The average Bonchev–Trinajstić information content (AvgIpc) is 3.09. The quantitative estimate of drug-likeness (QED) is 0.219. The number of nitrogens with one attached hydrogen (secondary N) is 1. The van der Waals surface area contributed by atoms with Crippen molar-refractivity contribution >= 4 is 55.1 Å². The zero-order valence-corrected chi connectivity index (χ0v) is 16.4. The van der Waals surface area contributed by atoms with Gasteiger partial charge in [0.15, 0.2) is 10.9 Å². The molecule has 0 bridgehead atoms. The highest BCUT2D eigenvalue weighted by molar-refractivity contribution is 7.22. The number of carbonyl (C=O) groups is 3. The van der Waals surface area contributed by atoms with E-state index in [1.54, 1.807) is 18.2 Å². The summed E-state index contributed by atoms with van der Waals surface area (Å²) in [5.74, 6) is -3.69. The van der Waals surface area contributed by atoms with Crippen LogP contribution in [0.5, 0.6) is 5.75 Å². The molecule has 8 nitrogen and oxygen atoms in total. The first kappa shape index (κ1) is 19.5. The molecular formula is C21H14N2O6S. The van der Waals surface area contributed by atoms with Gasteiger partial charge in [-0.3, -0.25) is 19.7 Å². The third-order valence-corrected chi connectivity index (χ3v) is 5.34. The molecule has 0 aliphatic rings. The monoisotopic (exact) mass is 422 g/mol. The number of thiazole rings is 1. The zero-order chi connectivity index (χ0) is 21.4. The highest BCUT2D eigenvalue weighted by Gasteiger charge is 2.26. The molecule has 9 heteroatoms. The number of aromatic nitrogens is 1. The number of aryl methyl sites for hydroxylation is 1. The van der Waals surface area contributed by atoms with Gasteiger partial charge in [-0.1, -0.05) is 29.5 Å². The SMILES string of the molecule is Cc1ccc2nc(NC(=O)C(=O)CC(=O)c3c(O)c4ccccc4oc3=O)sc2c1. The molecule has 2 aromatic heterocycles. The summed E-state index contributed by atoms with van der Waals surface area (Å²) in [5.41, 5.74) is 0.0609. The van der Waals surface area contributed by atoms with Crippen LogP contribution in [0.3, 0.4) is 0 Å². The van der Waals surface area contributed by atoms with E-state index in [1.165, 1.54) is 23.5 Å². The Labute approximate surface area is 172 Å². The number of ketones is 2. The molecule has 0 aliphatic heterocycles. The maximum Gasteiger partial charge on any atom is 0.351 e. The van der Waals surface area contributed by atoms with E-state index >= 15 is 0 Å². The molecule has 0 radical (unpaired) electrons. The summed E-state index contributed by atoms with van der Waals surface area (Å²) in [4.78, 5) is 53.2. The number of benzene rings is 2. The van der Waals surface area contributed by atoms with Crippen molar-refractivity contribution in [1.82, 2.24) is 4.98 Å². The van der Waals surface area contributed by atoms with E-state index in [0.29, 0.717) is 5.52 Å². The molecule has 0 fully saturated rings. The number of carbonyl (C=O) groups excluding carboxylic acids is 3. The van der Waals surface area contributed by atoms with Gasteiger partial charge in [-0.25, -0.2) is 9.78 Å². The van der Waals surface area contributed by atoms with Crippen LogP contribution < -0.4 is 10.9 Å². The Morgan fingerprint density at radius 3 is 2.73 bits per heavy atom. The normalized spacial score (nSPS) is 11.0. The van der Waals surface area contributed by atoms with Gasteiger partial charge in [-0.2, -0.15) is 0 Å². The van der Waals surface area contributed by atoms with Crippen LogP contribution in [0.4, 0.5) is 5.13 Å². The minimum atomic E-state index is -1.08. The number of amides is 1. The molecule has 0 aliphatic carbocycles. The highest BCUT2D eigenvalue weighted by Crippen LogP contribution is 2.28. The van der Waals surface area contributed by atoms with Crippen molar-refractivity contribution in [2.24, 2.45) is 0 Å². The van der Waals surface area contributed by atoms with Crippen molar-refractivity contribution in [3.63, 3.8) is 0 Å². The Balaban J connectivity index is 1.53. The van der Waals surface area contributed by atoms with Crippen LogP contribution in [0.15, 0.2) is 51.7 Å². The van der Waals surface area contributed by atoms with Gasteiger partial charge in [-0.15, -0.1) is 0 Å². The van der Waals surface area contributed by atoms with E-state index in [0.717, 1.165) is 10.3 Å². The van der Waals surface area contributed by atoms with Crippen molar-refractivity contribution < 1.29 is 23.9 Å². The Morgan fingerprint density at radius 1 is 1.17 bits per heavy atom. The van der Waals surface area contributed by atoms with Gasteiger partial charge in [0.2, 0.25) is 5.78 Å². The lowest BCUT2D eigenvalue weighted by Crippen LogP contribution is -2.26. The van der Waals surface area contributed by atoms with Gasteiger partial charge < -0.3 is 9.52 Å². The summed E-state index contributed by atoms with van der Waals surface area (Å²) in [5, 5.41) is 13.0. The Kier molecular flexibility index (Phi) is 4.88. The van der Waals surface area contributed by atoms with Crippen LogP contribution in [0.1, 0.15) is 22.3 Å². The Bertz CT molecular complexity index is 1400. The highest BCUT2D eigenvalue weighted by atomic mass is 32.1. The van der Waals surface area contributed by atoms with Crippen LogP contribution in [0, 0.1) is 6.92 Å². The fourth-order valence-corrected chi connectivity index (χ4v) is 3.91. The fraction of sp³-hybridized carbons (Fsp3) is 0.0952. The minimum Gasteiger partial charge on any atom is -0.506 e. The number of hydrogen-bond donors (Lipinski definition) is 2. The van der Waals surface area contributed by atoms with Gasteiger partial charge >= 0.3 is 5.63 Å². The van der Waals surface area contributed by atoms with E-state index < -0.39 is 40.8 Å². The molecule has 4 aromatic rings. The number of Topliss-reactive ketones (excluding diaryl/α,β-unsaturated/α-hetero) is 2. The number of rotatable bonds is 5. The second-order valence-electron chi connectivity index (χ2n) is 6.58.